The summed E-state index contributed by atoms with van der Waals surface area (Å²) < 4.78 is 39.2. The quantitative estimate of drug-likeness (QED) is 0.730. The molecule has 0 radical (unpaired) electrons. The standard InChI is InChI=1S/C11H9F3N2/c1-8-7-15-16(10(8)11(12,13)14)9-5-3-2-4-6-9/h2-7H,1H3. The Hall–Kier alpha value is -1.78. The minimum absolute atomic E-state index is 0.122. The minimum atomic E-state index is -4.39. The lowest BCUT2D eigenvalue weighted by atomic mass is 10.2. The first-order valence-electron chi connectivity index (χ1n) is 4.67. The highest BCUT2D eigenvalue weighted by atomic mass is 19.4. The topological polar surface area (TPSA) is 17.8 Å². The molecule has 0 unspecified atom stereocenters. The van der Waals surface area contributed by atoms with E-state index in [0.29, 0.717) is 5.69 Å². The van der Waals surface area contributed by atoms with Crippen LogP contribution in [0.4, 0.5) is 13.2 Å². The van der Waals surface area contributed by atoms with Crippen LogP contribution in [0.5, 0.6) is 0 Å². The zero-order valence-corrected chi connectivity index (χ0v) is 8.49. The van der Waals surface area contributed by atoms with Crippen LogP contribution < -0.4 is 0 Å². The van der Waals surface area contributed by atoms with Crippen molar-refractivity contribution < 1.29 is 13.2 Å². The van der Waals surface area contributed by atoms with Gasteiger partial charge in [0.2, 0.25) is 0 Å². The lowest BCUT2D eigenvalue weighted by Gasteiger charge is -2.11. The predicted octanol–water partition coefficient (Wildman–Crippen LogP) is 3.20. The van der Waals surface area contributed by atoms with Crippen LogP contribution in [0.25, 0.3) is 5.69 Å². The van der Waals surface area contributed by atoms with E-state index in [2.05, 4.69) is 5.10 Å². The van der Waals surface area contributed by atoms with Crippen LogP contribution in [0.15, 0.2) is 36.5 Å². The van der Waals surface area contributed by atoms with Gasteiger partial charge in [-0.2, -0.15) is 18.3 Å². The molecular formula is C11H9F3N2. The molecule has 5 heteroatoms. The molecule has 0 saturated carbocycles. The summed E-state index contributed by atoms with van der Waals surface area (Å²) in [5.41, 5.74) is -0.196. The van der Waals surface area contributed by atoms with E-state index in [1.807, 2.05) is 0 Å². The third-order valence-corrected chi connectivity index (χ3v) is 2.22. The number of hydrogen-bond acceptors (Lipinski definition) is 1. The number of halogens is 3. The second-order valence-corrected chi connectivity index (χ2v) is 3.42. The SMILES string of the molecule is Cc1cnn(-c2ccccc2)c1C(F)(F)F. The fraction of sp³-hybridized carbons (Fsp3) is 0.182. The van der Waals surface area contributed by atoms with Gasteiger partial charge in [-0.1, -0.05) is 18.2 Å². The molecular weight excluding hydrogens is 217 g/mol. The van der Waals surface area contributed by atoms with E-state index in [9.17, 15) is 13.2 Å². The highest BCUT2D eigenvalue weighted by Gasteiger charge is 2.37. The van der Waals surface area contributed by atoms with E-state index >= 15 is 0 Å². The van der Waals surface area contributed by atoms with Gasteiger partial charge in [0, 0.05) is 0 Å². The molecule has 0 aliphatic rings. The Balaban J connectivity index is 2.60. The Morgan fingerprint density at radius 3 is 2.31 bits per heavy atom. The zero-order valence-electron chi connectivity index (χ0n) is 8.49. The lowest BCUT2D eigenvalue weighted by Crippen LogP contribution is -2.14. The fourth-order valence-electron chi connectivity index (χ4n) is 1.54. The molecule has 0 aliphatic carbocycles. The number of nitrogens with zero attached hydrogens (tertiary/aromatic N) is 2. The van der Waals surface area contributed by atoms with Gasteiger partial charge in [0.15, 0.2) is 5.69 Å². The third kappa shape index (κ3) is 1.80. The zero-order chi connectivity index (χ0) is 11.8. The van der Waals surface area contributed by atoms with Crippen molar-refractivity contribution in [1.82, 2.24) is 9.78 Å². The van der Waals surface area contributed by atoms with Gasteiger partial charge in [0.05, 0.1) is 11.9 Å². The number of rotatable bonds is 1. The summed E-state index contributed by atoms with van der Waals surface area (Å²) in [6.45, 7) is 1.40. The number of para-hydroxylation sites is 1. The summed E-state index contributed by atoms with van der Waals surface area (Å²) in [7, 11) is 0. The third-order valence-electron chi connectivity index (χ3n) is 2.22. The molecule has 0 bridgehead atoms. The molecule has 1 aromatic carbocycles. The van der Waals surface area contributed by atoms with Crippen molar-refractivity contribution in [2.45, 2.75) is 13.1 Å². The van der Waals surface area contributed by atoms with Crippen molar-refractivity contribution >= 4 is 0 Å². The van der Waals surface area contributed by atoms with E-state index < -0.39 is 11.9 Å². The molecule has 0 saturated heterocycles. The maximum Gasteiger partial charge on any atom is 0.433 e. The molecule has 0 fully saturated rings. The molecule has 1 aromatic heterocycles. The van der Waals surface area contributed by atoms with Crippen molar-refractivity contribution in [3.8, 4) is 5.69 Å². The second-order valence-electron chi connectivity index (χ2n) is 3.42. The van der Waals surface area contributed by atoms with Crippen LogP contribution in [0.2, 0.25) is 0 Å². The van der Waals surface area contributed by atoms with Crippen molar-refractivity contribution in [2.75, 3.05) is 0 Å². The van der Waals surface area contributed by atoms with Gasteiger partial charge in [-0.05, 0) is 24.6 Å². The first kappa shape index (κ1) is 10.7. The molecule has 2 rings (SSSR count). The number of aryl methyl sites for hydroxylation is 1. The van der Waals surface area contributed by atoms with Gasteiger partial charge in [-0.15, -0.1) is 0 Å². The number of benzene rings is 1. The molecule has 0 atom stereocenters. The highest BCUT2D eigenvalue weighted by Crippen LogP contribution is 2.32. The smallest absolute Gasteiger partial charge is 0.228 e. The van der Waals surface area contributed by atoms with E-state index in [-0.39, 0.29) is 5.56 Å². The number of hydrogen-bond donors (Lipinski definition) is 0. The Bertz CT molecular complexity index is 486. The van der Waals surface area contributed by atoms with Crippen LogP contribution in [-0.2, 0) is 6.18 Å². The van der Waals surface area contributed by atoms with E-state index in [1.54, 1.807) is 30.3 Å². The highest BCUT2D eigenvalue weighted by molar-refractivity contribution is 5.35. The Morgan fingerprint density at radius 2 is 1.75 bits per heavy atom. The lowest BCUT2D eigenvalue weighted by molar-refractivity contribution is -0.143. The Morgan fingerprint density at radius 1 is 1.12 bits per heavy atom. The first-order valence-corrected chi connectivity index (χ1v) is 4.67. The normalized spacial score (nSPS) is 11.8. The summed E-state index contributed by atoms with van der Waals surface area (Å²) in [6, 6.07) is 8.26. The monoisotopic (exact) mass is 226 g/mol. The van der Waals surface area contributed by atoms with Gasteiger partial charge >= 0.3 is 6.18 Å². The van der Waals surface area contributed by atoms with Crippen LogP contribution >= 0.6 is 0 Å². The molecule has 2 aromatic rings. The van der Waals surface area contributed by atoms with Gasteiger partial charge in [0.25, 0.3) is 0 Å². The van der Waals surface area contributed by atoms with E-state index in [1.165, 1.54) is 13.1 Å². The maximum atomic E-state index is 12.8. The predicted molar refractivity (Wildman–Crippen MR) is 53.3 cm³/mol. The molecule has 1 heterocycles. The Kier molecular flexibility index (Phi) is 2.46. The maximum absolute atomic E-state index is 12.8. The Labute approximate surface area is 90.3 Å². The molecule has 0 spiro atoms. The molecule has 2 nitrogen and oxygen atoms in total. The summed E-state index contributed by atoms with van der Waals surface area (Å²) in [4.78, 5) is 0. The average molecular weight is 226 g/mol. The van der Waals surface area contributed by atoms with Crippen LogP contribution in [0.1, 0.15) is 11.3 Å². The first-order chi connectivity index (χ1) is 7.50. The van der Waals surface area contributed by atoms with Crippen LogP contribution in [0.3, 0.4) is 0 Å². The molecule has 84 valence electrons. The largest absolute Gasteiger partial charge is 0.433 e. The van der Waals surface area contributed by atoms with Crippen molar-refractivity contribution in [2.24, 2.45) is 0 Å². The summed E-state index contributed by atoms with van der Waals surface area (Å²) in [5.74, 6) is 0. The second kappa shape index (κ2) is 3.66. The summed E-state index contributed by atoms with van der Waals surface area (Å²) in [6.07, 6.45) is -3.17. The van der Waals surface area contributed by atoms with E-state index in [4.69, 9.17) is 0 Å². The van der Waals surface area contributed by atoms with E-state index in [0.717, 1.165) is 4.68 Å². The fourth-order valence-corrected chi connectivity index (χ4v) is 1.54. The minimum Gasteiger partial charge on any atom is -0.228 e. The number of alkyl halides is 3. The van der Waals surface area contributed by atoms with Gasteiger partial charge in [-0.25, -0.2) is 4.68 Å². The van der Waals surface area contributed by atoms with Gasteiger partial charge in [-0.3, -0.25) is 0 Å². The average Bonchev–Trinajstić information content (AvgIpc) is 2.61. The molecule has 0 amide bonds. The van der Waals surface area contributed by atoms with Crippen molar-refractivity contribution in [3.63, 3.8) is 0 Å². The van der Waals surface area contributed by atoms with Crippen LogP contribution in [-0.4, -0.2) is 9.78 Å². The van der Waals surface area contributed by atoms with Gasteiger partial charge in [0.1, 0.15) is 0 Å². The summed E-state index contributed by atoms with van der Waals surface area (Å²) >= 11 is 0. The van der Waals surface area contributed by atoms with Crippen molar-refractivity contribution in [3.05, 3.63) is 47.8 Å². The van der Waals surface area contributed by atoms with Gasteiger partial charge < -0.3 is 0 Å². The van der Waals surface area contributed by atoms with Crippen molar-refractivity contribution in [1.29, 1.82) is 0 Å². The molecule has 16 heavy (non-hydrogen) atoms. The molecule has 0 aliphatic heterocycles. The number of aromatic nitrogens is 2. The van der Waals surface area contributed by atoms with Crippen LogP contribution in [0, 0.1) is 6.92 Å². The molecule has 0 N–H and O–H groups in total. The summed E-state index contributed by atoms with van der Waals surface area (Å²) in [5, 5.41) is 3.75.